The summed E-state index contributed by atoms with van der Waals surface area (Å²) in [6, 6.07) is 0. The van der Waals surface area contributed by atoms with Crippen molar-refractivity contribution in [2.75, 3.05) is 13.1 Å². The number of hydrogen-bond acceptors (Lipinski definition) is 1. The van der Waals surface area contributed by atoms with Crippen LogP contribution in [0.3, 0.4) is 0 Å². The molecule has 1 atom stereocenters. The maximum atomic E-state index is 5.44. The Morgan fingerprint density at radius 1 is 1.55 bits per heavy atom. The van der Waals surface area contributed by atoms with Crippen LogP contribution >= 0.6 is 0 Å². The molecule has 0 aromatic carbocycles. The van der Waals surface area contributed by atoms with E-state index in [0.29, 0.717) is 5.92 Å². The molecule has 0 aromatic heterocycles. The highest BCUT2D eigenvalue weighted by Gasteiger charge is 2.19. The van der Waals surface area contributed by atoms with Crippen LogP contribution in [0.15, 0.2) is 0 Å². The molecule has 1 N–H and O–H groups in total. The van der Waals surface area contributed by atoms with Crippen LogP contribution in [0.2, 0.25) is 0 Å². The molecule has 11 heavy (non-hydrogen) atoms. The molecule has 0 amide bonds. The fourth-order valence-electron chi connectivity index (χ4n) is 1.83. The van der Waals surface area contributed by atoms with Crippen LogP contribution in [-0.2, 0) is 0 Å². The van der Waals surface area contributed by atoms with E-state index in [-0.39, 0.29) is 0 Å². The predicted molar refractivity (Wildman–Crippen MR) is 48.2 cm³/mol. The second-order valence-electron chi connectivity index (χ2n) is 3.27. The summed E-state index contributed by atoms with van der Waals surface area (Å²) in [4.78, 5) is 0. The molecule has 1 fully saturated rings. The third kappa shape index (κ3) is 2.24. The third-order valence-corrected chi connectivity index (χ3v) is 2.61. The van der Waals surface area contributed by atoms with E-state index in [9.17, 15) is 0 Å². The number of nitrogens with one attached hydrogen (secondary N) is 1. The summed E-state index contributed by atoms with van der Waals surface area (Å²) < 4.78 is 0. The van der Waals surface area contributed by atoms with Gasteiger partial charge in [-0.15, -0.1) is 12.3 Å². The molecular formula is C10H17N. The van der Waals surface area contributed by atoms with Gasteiger partial charge in [0.1, 0.15) is 0 Å². The standard InChI is InChI=1S/C10H17N/c1-3-9(4-2)10-5-7-11-8-6-10/h1,9-11H,4-8H2,2H3. The summed E-state index contributed by atoms with van der Waals surface area (Å²) in [5, 5.41) is 3.35. The molecule has 0 saturated carbocycles. The summed E-state index contributed by atoms with van der Waals surface area (Å²) in [6.45, 7) is 4.50. The highest BCUT2D eigenvalue weighted by atomic mass is 14.9. The molecule has 1 aliphatic heterocycles. The van der Waals surface area contributed by atoms with Crippen LogP contribution in [0.25, 0.3) is 0 Å². The maximum absolute atomic E-state index is 5.44. The summed E-state index contributed by atoms with van der Waals surface area (Å²) >= 11 is 0. The fraction of sp³-hybridized carbons (Fsp3) is 0.800. The van der Waals surface area contributed by atoms with Crippen molar-refractivity contribution in [2.45, 2.75) is 26.2 Å². The molecule has 0 radical (unpaired) electrons. The van der Waals surface area contributed by atoms with Crippen LogP contribution in [-0.4, -0.2) is 13.1 Å². The van der Waals surface area contributed by atoms with Crippen molar-refractivity contribution < 1.29 is 0 Å². The fourth-order valence-corrected chi connectivity index (χ4v) is 1.83. The van der Waals surface area contributed by atoms with Gasteiger partial charge in [0.15, 0.2) is 0 Å². The van der Waals surface area contributed by atoms with Gasteiger partial charge in [-0.3, -0.25) is 0 Å². The lowest BCUT2D eigenvalue weighted by atomic mass is 9.84. The Bertz CT molecular complexity index is 139. The Morgan fingerprint density at radius 3 is 2.64 bits per heavy atom. The Labute approximate surface area is 69.6 Å². The Hall–Kier alpha value is -0.480. The van der Waals surface area contributed by atoms with E-state index in [2.05, 4.69) is 18.2 Å². The zero-order chi connectivity index (χ0) is 8.10. The number of terminal acetylenes is 1. The minimum atomic E-state index is 0.525. The van der Waals surface area contributed by atoms with Gasteiger partial charge in [0.2, 0.25) is 0 Å². The molecule has 0 aromatic rings. The van der Waals surface area contributed by atoms with Gasteiger partial charge in [-0.1, -0.05) is 6.92 Å². The van der Waals surface area contributed by atoms with Crippen molar-refractivity contribution in [1.82, 2.24) is 5.32 Å². The molecular weight excluding hydrogens is 134 g/mol. The molecule has 1 heterocycles. The van der Waals surface area contributed by atoms with Crippen molar-refractivity contribution in [3.8, 4) is 12.3 Å². The summed E-state index contributed by atoms with van der Waals surface area (Å²) in [7, 11) is 0. The molecule has 62 valence electrons. The first-order valence-corrected chi connectivity index (χ1v) is 4.55. The second kappa shape index (κ2) is 4.41. The zero-order valence-electron chi connectivity index (χ0n) is 7.27. The largest absolute Gasteiger partial charge is 0.317 e. The number of hydrogen-bond donors (Lipinski definition) is 1. The normalized spacial score (nSPS) is 22.5. The Balaban J connectivity index is 2.38. The molecule has 0 spiro atoms. The average Bonchev–Trinajstić information content (AvgIpc) is 2.09. The van der Waals surface area contributed by atoms with E-state index in [0.717, 1.165) is 25.4 Å². The summed E-state index contributed by atoms with van der Waals surface area (Å²) in [5.41, 5.74) is 0. The summed E-state index contributed by atoms with van der Waals surface area (Å²) in [5.74, 6) is 4.20. The van der Waals surface area contributed by atoms with E-state index in [1.165, 1.54) is 12.8 Å². The van der Waals surface area contributed by atoms with Gasteiger partial charge in [-0.2, -0.15) is 0 Å². The average molecular weight is 151 g/mol. The van der Waals surface area contributed by atoms with Crippen molar-refractivity contribution in [1.29, 1.82) is 0 Å². The minimum absolute atomic E-state index is 0.525. The molecule has 1 unspecified atom stereocenters. The molecule has 0 aliphatic carbocycles. The van der Waals surface area contributed by atoms with Gasteiger partial charge in [-0.25, -0.2) is 0 Å². The van der Waals surface area contributed by atoms with Gasteiger partial charge in [0, 0.05) is 5.92 Å². The van der Waals surface area contributed by atoms with Crippen molar-refractivity contribution >= 4 is 0 Å². The molecule has 1 nitrogen and oxygen atoms in total. The van der Waals surface area contributed by atoms with Gasteiger partial charge >= 0.3 is 0 Å². The smallest absolute Gasteiger partial charge is 0.0226 e. The highest BCUT2D eigenvalue weighted by molar-refractivity contribution is 4.96. The van der Waals surface area contributed by atoms with Crippen LogP contribution in [0.4, 0.5) is 0 Å². The highest BCUT2D eigenvalue weighted by Crippen LogP contribution is 2.23. The lowest BCUT2D eigenvalue weighted by molar-refractivity contribution is 0.301. The van der Waals surface area contributed by atoms with E-state index in [4.69, 9.17) is 6.42 Å². The first-order chi connectivity index (χ1) is 5.38. The van der Waals surface area contributed by atoms with Crippen LogP contribution in [0.1, 0.15) is 26.2 Å². The maximum Gasteiger partial charge on any atom is 0.0226 e. The molecule has 1 saturated heterocycles. The van der Waals surface area contributed by atoms with Crippen molar-refractivity contribution in [3.63, 3.8) is 0 Å². The third-order valence-electron chi connectivity index (χ3n) is 2.61. The summed E-state index contributed by atoms with van der Waals surface area (Å²) in [6.07, 6.45) is 9.12. The predicted octanol–water partition coefficient (Wildman–Crippen LogP) is 1.65. The quantitative estimate of drug-likeness (QED) is 0.592. The van der Waals surface area contributed by atoms with Gasteiger partial charge < -0.3 is 5.32 Å². The van der Waals surface area contributed by atoms with Gasteiger partial charge in [0.05, 0.1) is 0 Å². The van der Waals surface area contributed by atoms with Crippen LogP contribution < -0.4 is 5.32 Å². The van der Waals surface area contributed by atoms with Gasteiger partial charge in [0.25, 0.3) is 0 Å². The van der Waals surface area contributed by atoms with E-state index in [1.807, 2.05) is 0 Å². The van der Waals surface area contributed by atoms with E-state index in [1.54, 1.807) is 0 Å². The lowest BCUT2D eigenvalue weighted by Crippen LogP contribution is -2.31. The number of rotatable bonds is 2. The van der Waals surface area contributed by atoms with Crippen molar-refractivity contribution in [2.24, 2.45) is 11.8 Å². The first-order valence-electron chi connectivity index (χ1n) is 4.55. The number of piperidine rings is 1. The van der Waals surface area contributed by atoms with Crippen LogP contribution in [0, 0.1) is 24.2 Å². The van der Waals surface area contributed by atoms with E-state index >= 15 is 0 Å². The molecule has 1 aliphatic rings. The zero-order valence-corrected chi connectivity index (χ0v) is 7.27. The Kier molecular flexibility index (Phi) is 3.45. The molecule has 1 heteroatoms. The monoisotopic (exact) mass is 151 g/mol. The Morgan fingerprint density at radius 2 is 2.18 bits per heavy atom. The van der Waals surface area contributed by atoms with Crippen molar-refractivity contribution in [3.05, 3.63) is 0 Å². The topological polar surface area (TPSA) is 12.0 Å². The SMILES string of the molecule is C#CC(CC)C1CCNCC1. The second-order valence-corrected chi connectivity index (χ2v) is 3.27. The minimum Gasteiger partial charge on any atom is -0.317 e. The van der Waals surface area contributed by atoms with Crippen LogP contribution in [0.5, 0.6) is 0 Å². The molecule has 1 rings (SSSR count). The lowest BCUT2D eigenvalue weighted by Gasteiger charge is -2.26. The molecule has 0 bridgehead atoms. The first kappa shape index (κ1) is 8.62. The van der Waals surface area contributed by atoms with Gasteiger partial charge in [-0.05, 0) is 38.3 Å². The van der Waals surface area contributed by atoms with E-state index < -0.39 is 0 Å².